The van der Waals surface area contributed by atoms with Gasteiger partial charge in [0.25, 0.3) is 0 Å². The topological polar surface area (TPSA) is 50.9 Å². The van der Waals surface area contributed by atoms with Crippen molar-refractivity contribution in [2.24, 2.45) is 5.84 Å². The largest absolute Gasteiger partial charge is 0.271 e. The Balaban J connectivity index is 1.91. The molecule has 0 bridgehead atoms. The monoisotopic (exact) mass is 303 g/mol. The first-order chi connectivity index (χ1) is 9.99. The van der Waals surface area contributed by atoms with Crippen molar-refractivity contribution in [3.8, 4) is 0 Å². The quantitative estimate of drug-likeness (QED) is 0.635. The second kappa shape index (κ2) is 7.16. The van der Waals surface area contributed by atoms with E-state index in [0.717, 1.165) is 24.3 Å². The lowest BCUT2D eigenvalue weighted by atomic mass is 9.93. The third-order valence-electron chi connectivity index (χ3n) is 3.60. The average molecular weight is 303 g/mol. The highest BCUT2D eigenvalue weighted by Gasteiger charge is 2.18. The van der Waals surface area contributed by atoms with Crippen LogP contribution in [0.1, 0.15) is 43.5 Å². The molecule has 21 heavy (non-hydrogen) atoms. The molecule has 1 heterocycles. The summed E-state index contributed by atoms with van der Waals surface area (Å²) >= 11 is 1.74. The first-order valence-electron chi connectivity index (χ1n) is 7.44. The van der Waals surface area contributed by atoms with Gasteiger partial charge in [-0.15, -0.1) is 11.3 Å². The first kappa shape index (κ1) is 16.1. The van der Waals surface area contributed by atoms with Crippen LogP contribution in [0.25, 0.3) is 0 Å². The molecule has 0 radical (unpaired) electrons. The van der Waals surface area contributed by atoms with E-state index in [9.17, 15) is 0 Å². The predicted molar refractivity (Wildman–Crippen MR) is 90.4 cm³/mol. The molecule has 0 saturated heterocycles. The molecule has 2 aromatic rings. The van der Waals surface area contributed by atoms with Gasteiger partial charge in [0, 0.05) is 23.3 Å². The van der Waals surface area contributed by atoms with E-state index in [0.29, 0.717) is 0 Å². The highest BCUT2D eigenvalue weighted by Crippen LogP contribution is 2.24. The van der Waals surface area contributed by atoms with Crippen LogP contribution in [0.15, 0.2) is 35.7 Å². The molecular formula is C17H25N3S. The van der Waals surface area contributed by atoms with Crippen LogP contribution >= 0.6 is 11.3 Å². The minimum Gasteiger partial charge on any atom is -0.271 e. The summed E-state index contributed by atoms with van der Waals surface area (Å²) in [5.41, 5.74) is 5.57. The lowest BCUT2D eigenvalue weighted by Crippen LogP contribution is -2.37. The number of nitrogens with one attached hydrogen (secondary N) is 1. The maximum absolute atomic E-state index is 5.70. The van der Waals surface area contributed by atoms with Crippen molar-refractivity contribution < 1.29 is 0 Å². The van der Waals surface area contributed by atoms with Gasteiger partial charge in [-0.05, 0) is 18.4 Å². The number of aromatic nitrogens is 1. The van der Waals surface area contributed by atoms with Crippen LogP contribution in [-0.4, -0.2) is 11.0 Å². The number of nitrogens with two attached hydrogens (primary N) is 1. The molecule has 0 amide bonds. The Bertz CT molecular complexity index is 543. The van der Waals surface area contributed by atoms with E-state index in [1.807, 2.05) is 6.07 Å². The number of hydrazine groups is 1. The summed E-state index contributed by atoms with van der Waals surface area (Å²) < 4.78 is 0. The Morgan fingerprint density at radius 2 is 1.95 bits per heavy atom. The zero-order valence-corrected chi connectivity index (χ0v) is 13.9. The molecular weight excluding hydrogens is 278 g/mol. The normalized spacial score (nSPS) is 13.3. The Hall–Kier alpha value is -1.23. The SMILES string of the molecule is CC(C)(C)c1csc(CC(CCc2ccccc2)NN)n1. The fourth-order valence-corrected chi connectivity index (χ4v) is 3.29. The third-order valence-corrected chi connectivity index (χ3v) is 4.47. The van der Waals surface area contributed by atoms with Crippen LogP contribution in [0.5, 0.6) is 0 Å². The van der Waals surface area contributed by atoms with Crippen LogP contribution in [0, 0.1) is 0 Å². The van der Waals surface area contributed by atoms with Crippen molar-refractivity contribution in [3.63, 3.8) is 0 Å². The Kier molecular flexibility index (Phi) is 5.51. The molecule has 114 valence electrons. The summed E-state index contributed by atoms with van der Waals surface area (Å²) in [5, 5.41) is 3.33. The van der Waals surface area contributed by atoms with E-state index in [1.54, 1.807) is 11.3 Å². The summed E-state index contributed by atoms with van der Waals surface area (Å²) in [6, 6.07) is 10.8. The van der Waals surface area contributed by atoms with Crippen LogP contribution in [0.4, 0.5) is 0 Å². The number of nitrogens with zero attached hydrogens (tertiary/aromatic N) is 1. The number of rotatable bonds is 6. The standard InChI is InChI=1S/C17H25N3S/c1-17(2,3)15-12-21-16(19-15)11-14(20-18)10-9-13-7-5-4-6-8-13/h4-8,12,14,20H,9-11,18H2,1-3H3. The number of aryl methyl sites for hydroxylation is 1. The fraction of sp³-hybridized carbons (Fsp3) is 0.471. The molecule has 2 rings (SSSR count). The molecule has 0 aliphatic rings. The molecule has 4 heteroatoms. The lowest BCUT2D eigenvalue weighted by molar-refractivity contribution is 0.488. The molecule has 1 unspecified atom stereocenters. The van der Waals surface area contributed by atoms with Gasteiger partial charge in [0.05, 0.1) is 10.7 Å². The molecule has 0 saturated carbocycles. The van der Waals surface area contributed by atoms with Crippen LogP contribution in [-0.2, 0) is 18.3 Å². The average Bonchev–Trinajstić information content (AvgIpc) is 2.93. The lowest BCUT2D eigenvalue weighted by Gasteiger charge is -2.16. The van der Waals surface area contributed by atoms with Crippen molar-refractivity contribution in [3.05, 3.63) is 52.0 Å². The molecule has 0 spiro atoms. The smallest absolute Gasteiger partial charge is 0.0944 e. The number of hydrogen-bond acceptors (Lipinski definition) is 4. The van der Waals surface area contributed by atoms with Gasteiger partial charge >= 0.3 is 0 Å². The highest BCUT2D eigenvalue weighted by molar-refractivity contribution is 7.09. The minimum atomic E-state index is 0.116. The predicted octanol–water partition coefficient (Wildman–Crippen LogP) is 3.45. The van der Waals surface area contributed by atoms with Crippen molar-refractivity contribution in [2.75, 3.05) is 0 Å². The first-order valence-corrected chi connectivity index (χ1v) is 8.32. The summed E-state index contributed by atoms with van der Waals surface area (Å²) in [5.74, 6) is 5.70. The van der Waals surface area contributed by atoms with Gasteiger partial charge in [-0.2, -0.15) is 0 Å². The maximum Gasteiger partial charge on any atom is 0.0944 e. The molecule has 0 aliphatic carbocycles. The molecule has 3 N–H and O–H groups in total. The summed E-state index contributed by atoms with van der Waals surface area (Å²) in [6.07, 6.45) is 2.95. The summed E-state index contributed by atoms with van der Waals surface area (Å²) in [6.45, 7) is 6.58. The summed E-state index contributed by atoms with van der Waals surface area (Å²) in [4.78, 5) is 4.75. The fourth-order valence-electron chi connectivity index (χ4n) is 2.19. The van der Waals surface area contributed by atoms with Crippen LogP contribution < -0.4 is 11.3 Å². The molecule has 1 atom stereocenters. The van der Waals surface area contributed by atoms with E-state index >= 15 is 0 Å². The van der Waals surface area contributed by atoms with E-state index < -0.39 is 0 Å². The number of hydrogen-bond donors (Lipinski definition) is 2. The van der Waals surface area contributed by atoms with Gasteiger partial charge < -0.3 is 0 Å². The van der Waals surface area contributed by atoms with Gasteiger partial charge in [0.2, 0.25) is 0 Å². The number of thiazole rings is 1. The van der Waals surface area contributed by atoms with E-state index in [-0.39, 0.29) is 11.5 Å². The molecule has 3 nitrogen and oxygen atoms in total. The van der Waals surface area contributed by atoms with Crippen molar-refractivity contribution in [2.45, 2.75) is 51.5 Å². The zero-order valence-electron chi connectivity index (χ0n) is 13.1. The van der Waals surface area contributed by atoms with Gasteiger partial charge in [-0.25, -0.2) is 4.98 Å². The summed E-state index contributed by atoms with van der Waals surface area (Å²) in [7, 11) is 0. The van der Waals surface area contributed by atoms with Crippen LogP contribution in [0.3, 0.4) is 0 Å². The Morgan fingerprint density at radius 1 is 1.24 bits per heavy atom. The van der Waals surface area contributed by atoms with Crippen molar-refractivity contribution >= 4 is 11.3 Å². The zero-order chi connectivity index (χ0) is 15.3. The van der Waals surface area contributed by atoms with Crippen molar-refractivity contribution in [1.82, 2.24) is 10.4 Å². The minimum absolute atomic E-state index is 0.116. The molecule has 0 aliphatic heterocycles. The Morgan fingerprint density at radius 3 is 2.52 bits per heavy atom. The molecule has 0 fully saturated rings. The second-order valence-corrected chi connectivity index (χ2v) is 7.41. The van der Waals surface area contributed by atoms with Gasteiger partial charge in [0.15, 0.2) is 0 Å². The van der Waals surface area contributed by atoms with Gasteiger partial charge in [0.1, 0.15) is 0 Å². The van der Waals surface area contributed by atoms with Gasteiger partial charge in [-0.3, -0.25) is 11.3 Å². The van der Waals surface area contributed by atoms with Crippen molar-refractivity contribution in [1.29, 1.82) is 0 Å². The van der Waals surface area contributed by atoms with Crippen LogP contribution in [0.2, 0.25) is 0 Å². The molecule has 1 aromatic heterocycles. The highest BCUT2D eigenvalue weighted by atomic mass is 32.1. The Labute approximate surface area is 131 Å². The van der Waals surface area contributed by atoms with E-state index in [4.69, 9.17) is 10.8 Å². The third kappa shape index (κ3) is 4.92. The second-order valence-electron chi connectivity index (χ2n) is 6.47. The van der Waals surface area contributed by atoms with Gasteiger partial charge in [-0.1, -0.05) is 51.1 Å². The van der Waals surface area contributed by atoms with E-state index in [2.05, 4.69) is 55.8 Å². The maximum atomic E-state index is 5.70. The number of benzene rings is 1. The molecule has 1 aromatic carbocycles. The van der Waals surface area contributed by atoms with E-state index in [1.165, 1.54) is 11.3 Å².